The Morgan fingerprint density at radius 1 is 0.704 bits per heavy atom. The fraction of sp³-hybridized carbons (Fsp3) is 0.326. The smallest absolute Gasteiger partial charge is 0.748 e. The first-order valence-electron chi connectivity index (χ1n) is 18.2. The minimum Gasteiger partial charge on any atom is -0.748 e. The zero-order chi connectivity index (χ0) is 38.0. The van der Waals surface area contributed by atoms with Crippen molar-refractivity contribution in [1.29, 1.82) is 0 Å². The van der Waals surface area contributed by atoms with Gasteiger partial charge in [0.15, 0.2) is 5.71 Å². The van der Waals surface area contributed by atoms with Crippen molar-refractivity contribution < 1.29 is 60.1 Å². The fourth-order valence-electron chi connectivity index (χ4n) is 7.94. The number of hydrogen-bond acceptors (Lipinski definition) is 6. The maximum atomic E-state index is 11.4. The minimum absolute atomic E-state index is 0. The predicted octanol–water partition coefficient (Wildman–Crippen LogP) is 5.72. The molecule has 2 aliphatic heterocycles. The van der Waals surface area contributed by atoms with Crippen LogP contribution >= 0.6 is 0 Å². The van der Waals surface area contributed by atoms with Crippen LogP contribution in [0.5, 0.6) is 0 Å². The van der Waals surface area contributed by atoms with Crippen LogP contribution in [-0.4, -0.2) is 60.8 Å². The summed E-state index contributed by atoms with van der Waals surface area (Å²) in [6, 6.07) is 25.3. The molecule has 0 spiro atoms. The summed E-state index contributed by atoms with van der Waals surface area (Å²) < 4.78 is 68.3. The van der Waals surface area contributed by atoms with Gasteiger partial charge in [-0.15, -0.1) is 0 Å². The fourth-order valence-corrected chi connectivity index (χ4v) is 9.07. The molecule has 4 aromatic rings. The molecule has 0 unspecified atom stereocenters. The molecule has 278 valence electrons. The normalized spacial score (nSPS) is 17.4. The molecule has 4 aromatic carbocycles. The van der Waals surface area contributed by atoms with E-state index in [0.29, 0.717) is 38.8 Å². The Morgan fingerprint density at radius 3 is 1.98 bits per heavy atom. The van der Waals surface area contributed by atoms with Crippen molar-refractivity contribution in [3.05, 3.63) is 132 Å². The third kappa shape index (κ3) is 9.02. The van der Waals surface area contributed by atoms with Crippen molar-refractivity contribution in [1.82, 2.24) is 0 Å². The van der Waals surface area contributed by atoms with Gasteiger partial charge in [-0.05, 0) is 61.6 Å². The van der Waals surface area contributed by atoms with Crippen LogP contribution in [-0.2, 0) is 31.1 Å². The Labute approximate surface area is 342 Å². The Hall–Kier alpha value is -3.35. The molecule has 1 N–H and O–H groups in total. The average molecular weight is 776 g/mol. The molecule has 0 aliphatic carbocycles. The molecule has 2 heterocycles. The molecule has 0 atom stereocenters. The largest absolute Gasteiger partial charge is 1.00 e. The van der Waals surface area contributed by atoms with E-state index in [1.807, 2.05) is 54.6 Å². The number of nitrogens with zero attached hydrogens (tertiary/aromatic N) is 2. The number of allylic oxidation sites excluding steroid dienone is 8. The number of hydrogen-bond donors (Lipinski definition) is 1. The topological polar surface area (TPSA) is 118 Å². The standard InChI is InChI=1S/C43H48N2O6S2.Na/c1-42(2)36-26-24-32-18-10-12-20-34(32)40(36)44(28-14-16-30-52(46,47)48)38(42)22-8-6-5-7-9-23-39-43(3,4)37-27-25-33-19-11-13-21-35(33)41(37)45(39)29-15-17-31-53(49,50)51;/h5-13,18-27H,14-17,28-31H2,1-4H3,(H-,46,47,48,49,50,51);/q;+1. The van der Waals surface area contributed by atoms with Crippen molar-refractivity contribution in [3.63, 3.8) is 0 Å². The average Bonchev–Trinajstić information content (AvgIpc) is 3.45. The summed E-state index contributed by atoms with van der Waals surface area (Å²) in [5.41, 5.74) is 6.32. The maximum Gasteiger partial charge on any atom is 1.00 e. The van der Waals surface area contributed by atoms with Gasteiger partial charge in [0.05, 0.1) is 32.4 Å². The van der Waals surface area contributed by atoms with E-state index in [2.05, 4.69) is 97.9 Å². The van der Waals surface area contributed by atoms with Gasteiger partial charge in [-0.25, -0.2) is 8.42 Å². The predicted molar refractivity (Wildman–Crippen MR) is 216 cm³/mol. The maximum absolute atomic E-state index is 11.4. The van der Waals surface area contributed by atoms with Crippen LogP contribution in [0.1, 0.15) is 64.5 Å². The molecule has 0 bridgehead atoms. The summed E-state index contributed by atoms with van der Waals surface area (Å²) in [5, 5.41) is 4.57. The monoisotopic (exact) mass is 775 g/mol. The number of unbranched alkanes of at least 4 members (excludes halogenated alkanes) is 2. The van der Waals surface area contributed by atoms with Crippen LogP contribution < -0.4 is 34.5 Å². The first-order valence-corrected chi connectivity index (χ1v) is 21.4. The molecular formula is C43H48N2NaO6S2+. The van der Waals surface area contributed by atoms with Crippen LogP contribution in [0.15, 0.2) is 121 Å². The van der Waals surface area contributed by atoms with Gasteiger partial charge >= 0.3 is 29.6 Å². The molecule has 11 heteroatoms. The van der Waals surface area contributed by atoms with Gasteiger partial charge in [0.2, 0.25) is 5.69 Å². The van der Waals surface area contributed by atoms with Gasteiger partial charge in [0, 0.05) is 46.9 Å². The minimum atomic E-state index is -4.27. The molecule has 0 saturated heterocycles. The van der Waals surface area contributed by atoms with E-state index in [0.717, 1.165) is 44.3 Å². The Morgan fingerprint density at radius 2 is 1.30 bits per heavy atom. The number of benzene rings is 4. The van der Waals surface area contributed by atoms with E-state index in [1.165, 1.54) is 11.1 Å². The number of fused-ring (bicyclic) bond motifs is 6. The molecule has 0 aromatic heterocycles. The van der Waals surface area contributed by atoms with Crippen molar-refractivity contribution in [2.24, 2.45) is 0 Å². The van der Waals surface area contributed by atoms with E-state index < -0.39 is 20.2 Å². The van der Waals surface area contributed by atoms with E-state index in [-0.39, 0.29) is 51.9 Å². The van der Waals surface area contributed by atoms with Crippen LogP contribution in [0.4, 0.5) is 11.4 Å². The molecule has 6 rings (SSSR count). The van der Waals surface area contributed by atoms with E-state index in [1.54, 1.807) is 0 Å². The van der Waals surface area contributed by atoms with Crippen molar-refractivity contribution in [2.45, 2.75) is 64.2 Å². The molecule has 0 amide bonds. The van der Waals surface area contributed by atoms with Gasteiger partial charge < -0.3 is 9.45 Å². The summed E-state index contributed by atoms with van der Waals surface area (Å²) in [7, 11) is -8.28. The van der Waals surface area contributed by atoms with Crippen LogP contribution in [0.25, 0.3) is 21.5 Å². The van der Waals surface area contributed by atoms with Gasteiger partial charge in [0.1, 0.15) is 6.54 Å². The summed E-state index contributed by atoms with van der Waals surface area (Å²) in [5.74, 6) is -0.624. The zero-order valence-electron chi connectivity index (χ0n) is 31.8. The number of anilines is 1. The Balaban J connectivity index is 0.00000561. The molecular weight excluding hydrogens is 728 g/mol. The molecule has 0 radical (unpaired) electrons. The Bertz CT molecular complexity index is 2430. The summed E-state index contributed by atoms with van der Waals surface area (Å²) in [4.78, 5) is 2.29. The molecule has 2 aliphatic rings. The second kappa shape index (κ2) is 16.8. The number of rotatable bonds is 14. The zero-order valence-corrected chi connectivity index (χ0v) is 35.5. The van der Waals surface area contributed by atoms with E-state index >= 15 is 0 Å². The van der Waals surface area contributed by atoms with E-state index in [9.17, 15) is 25.9 Å². The second-order valence-corrected chi connectivity index (χ2v) is 18.0. The van der Waals surface area contributed by atoms with Crippen molar-refractivity contribution in [3.8, 4) is 0 Å². The first kappa shape index (κ1) is 41.8. The first-order chi connectivity index (χ1) is 25.1. The van der Waals surface area contributed by atoms with Gasteiger partial charge in [-0.2, -0.15) is 13.0 Å². The van der Waals surface area contributed by atoms with E-state index in [4.69, 9.17) is 0 Å². The molecule has 0 fully saturated rings. The van der Waals surface area contributed by atoms with Crippen molar-refractivity contribution in [2.75, 3.05) is 29.5 Å². The van der Waals surface area contributed by atoms with Crippen LogP contribution in [0.3, 0.4) is 0 Å². The molecule has 8 nitrogen and oxygen atoms in total. The SMILES string of the molecule is CC1(C)C(/C=C/C=C/C=C/C=C2/N(CCCCS(=O)(=O)[O-])c3c(ccc4ccccc34)C2(C)C)=[N+](CCCCS(=O)(=O)O)c2c1ccc1ccccc21.[Na+]. The third-order valence-electron chi connectivity index (χ3n) is 10.6. The van der Waals surface area contributed by atoms with Crippen molar-refractivity contribution >= 4 is 58.9 Å². The summed E-state index contributed by atoms with van der Waals surface area (Å²) >= 11 is 0. The Kier molecular flexibility index (Phi) is 13.0. The molecule has 54 heavy (non-hydrogen) atoms. The molecule has 0 saturated carbocycles. The van der Waals surface area contributed by atoms with Crippen LogP contribution in [0, 0.1) is 0 Å². The quantitative estimate of drug-likeness (QED) is 0.0573. The summed E-state index contributed by atoms with van der Waals surface area (Å²) in [6.45, 7) is 10.0. The second-order valence-electron chi connectivity index (χ2n) is 14.9. The third-order valence-corrected chi connectivity index (χ3v) is 12.2. The van der Waals surface area contributed by atoms with Gasteiger partial charge in [-0.3, -0.25) is 4.55 Å². The summed E-state index contributed by atoms with van der Waals surface area (Å²) in [6.07, 6.45) is 16.1. The van der Waals surface area contributed by atoms with Gasteiger partial charge in [0.25, 0.3) is 10.1 Å². The van der Waals surface area contributed by atoms with Gasteiger partial charge in [-0.1, -0.05) is 111 Å². The van der Waals surface area contributed by atoms with Crippen LogP contribution in [0.2, 0.25) is 0 Å².